The number of terminal acetylenes is 1. The van der Waals surface area contributed by atoms with E-state index < -0.39 is 61.6 Å². The molecule has 3 heterocycles. The van der Waals surface area contributed by atoms with Crippen LogP contribution in [0.1, 0.15) is 29.7 Å². The molecule has 1 fully saturated rings. The van der Waals surface area contributed by atoms with Gasteiger partial charge in [-0.2, -0.15) is 4.98 Å². The lowest BCUT2D eigenvalue weighted by atomic mass is 9.99. The Morgan fingerprint density at radius 1 is 1.38 bits per heavy atom. The number of imidazole rings is 1. The fraction of sp³-hybridized carbons (Fsp3) is 0.440. The van der Waals surface area contributed by atoms with E-state index in [9.17, 15) is 14.5 Å². The number of hydrogen-bond acceptors (Lipinski definition) is 11. The summed E-state index contributed by atoms with van der Waals surface area (Å²) in [6, 6.07) is 7.89. The smallest absolute Gasteiger partial charge is 0.380 e. The number of ether oxygens (including phenoxy) is 2. The molecule has 1 saturated heterocycles. The maximum absolute atomic E-state index is 14.1. The largest absolute Gasteiger partial charge is 0.463 e. The van der Waals surface area contributed by atoms with Gasteiger partial charge in [0, 0.05) is 0 Å². The minimum atomic E-state index is -4.49. The van der Waals surface area contributed by atoms with Crippen molar-refractivity contribution in [3.8, 4) is 18.1 Å². The number of para-hydroxylation sites is 1. The number of aliphatic hydroxyl groups excluding tert-OH is 1. The Hall–Kier alpha value is -3.20. The Morgan fingerprint density at radius 3 is 2.77 bits per heavy atom. The SMILES string of the molecule is [2H]C([2H])(O[P@@](=O)(C[C@@H](C)C(=O)OC(C)C)Oc1ccccc1)[C@H]1O[C@@H](n2cnc3cnc(N)nc32)C(Cl)(C#C)[C@H]1O. The Kier molecular flexibility index (Phi) is 7.68. The molecule has 1 unspecified atom stereocenters. The third-order valence-corrected chi connectivity index (χ3v) is 8.09. The molecule has 0 saturated carbocycles. The zero-order valence-corrected chi connectivity index (χ0v) is 23.0. The number of rotatable bonds is 10. The van der Waals surface area contributed by atoms with Gasteiger partial charge in [-0.25, -0.2) is 14.5 Å². The molecule has 6 atom stereocenters. The number of aromatic nitrogens is 4. The van der Waals surface area contributed by atoms with Gasteiger partial charge in [0.25, 0.3) is 0 Å². The lowest BCUT2D eigenvalue weighted by Gasteiger charge is -2.25. The minimum Gasteiger partial charge on any atom is -0.463 e. The van der Waals surface area contributed by atoms with Crippen molar-refractivity contribution in [3.05, 3.63) is 42.9 Å². The number of nitrogens with zero attached hydrogens (tertiary/aromatic N) is 4. The molecule has 14 heteroatoms. The highest BCUT2D eigenvalue weighted by Crippen LogP contribution is 2.52. The standard InChI is InChI=1S/C25H29ClN5O7P/c1-5-25(26)20(32)19(37-23(25)31-14-29-18-11-28-24(27)30-21(18)31)12-35-39(34,38-17-9-7-6-8-10-17)13-16(4)22(33)36-15(2)3/h1,6-11,14-16,19-20,23,32H,12-13H2,2-4H3,(H2,27,28,30)/t16-,19-,20+,23-,25?,39+/m1/s1/i12D2. The number of alkyl halides is 1. The molecule has 0 spiro atoms. The predicted octanol–water partition coefficient (Wildman–Crippen LogP) is 3.15. The zero-order chi connectivity index (χ0) is 30.2. The summed E-state index contributed by atoms with van der Waals surface area (Å²) >= 11 is 6.66. The van der Waals surface area contributed by atoms with E-state index in [4.69, 9.17) is 45.0 Å². The average Bonchev–Trinajstić information content (AvgIpc) is 3.41. The molecule has 4 rings (SSSR count). The molecule has 12 nitrogen and oxygen atoms in total. The summed E-state index contributed by atoms with van der Waals surface area (Å²) in [7, 11) is -4.49. The predicted molar refractivity (Wildman–Crippen MR) is 143 cm³/mol. The molecular formula is C25H29ClN5O7P. The Labute approximate surface area is 233 Å². The Balaban J connectivity index is 1.67. The summed E-state index contributed by atoms with van der Waals surface area (Å²) in [6.45, 7) is 1.74. The summed E-state index contributed by atoms with van der Waals surface area (Å²) < 4.78 is 54.9. The van der Waals surface area contributed by atoms with E-state index in [1.165, 1.54) is 36.1 Å². The molecule has 3 N–H and O–H groups in total. The first kappa shape index (κ1) is 26.0. The van der Waals surface area contributed by atoms with Crippen molar-refractivity contribution < 1.29 is 35.7 Å². The molecule has 0 bridgehead atoms. The van der Waals surface area contributed by atoms with Crippen molar-refractivity contribution in [2.45, 2.75) is 50.2 Å². The lowest BCUT2D eigenvalue weighted by Crippen LogP contribution is -2.41. The van der Waals surface area contributed by atoms with Crippen LogP contribution in [0.25, 0.3) is 11.2 Å². The topological polar surface area (TPSA) is 161 Å². The average molecular weight is 580 g/mol. The second-order valence-electron chi connectivity index (χ2n) is 9.15. The number of carbonyl (C=O) groups is 1. The first-order valence-electron chi connectivity index (χ1n) is 12.9. The molecule has 0 aliphatic carbocycles. The number of nitrogens with two attached hydrogens (primary N) is 1. The monoisotopic (exact) mass is 579 g/mol. The van der Waals surface area contributed by atoms with Gasteiger partial charge in [-0.3, -0.25) is 13.9 Å². The number of esters is 1. The van der Waals surface area contributed by atoms with Gasteiger partial charge in [0.15, 0.2) is 16.7 Å². The number of aliphatic hydroxyl groups is 1. The zero-order valence-electron chi connectivity index (χ0n) is 23.3. The van der Waals surface area contributed by atoms with Crippen LogP contribution in [0.5, 0.6) is 5.75 Å². The third-order valence-electron chi connectivity index (χ3n) is 5.71. The van der Waals surface area contributed by atoms with E-state index in [-0.39, 0.29) is 17.3 Å². The van der Waals surface area contributed by atoms with Gasteiger partial charge < -0.3 is 24.8 Å². The molecule has 0 radical (unpaired) electrons. The summed E-state index contributed by atoms with van der Waals surface area (Å²) in [5, 5.41) is 11.2. The molecule has 0 amide bonds. The van der Waals surface area contributed by atoms with Gasteiger partial charge in [0.1, 0.15) is 23.5 Å². The van der Waals surface area contributed by atoms with Crippen LogP contribution in [-0.2, 0) is 23.4 Å². The van der Waals surface area contributed by atoms with Crippen LogP contribution in [0.3, 0.4) is 0 Å². The molecule has 1 aliphatic rings. The Bertz CT molecular complexity index is 1500. The number of hydrogen-bond donors (Lipinski definition) is 2. The van der Waals surface area contributed by atoms with Crippen molar-refractivity contribution in [2.24, 2.45) is 5.92 Å². The van der Waals surface area contributed by atoms with E-state index in [0.29, 0.717) is 5.52 Å². The summed E-state index contributed by atoms with van der Waals surface area (Å²) in [5.41, 5.74) is 6.17. The van der Waals surface area contributed by atoms with Crippen molar-refractivity contribution >= 4 is 42.3 Å². The lowest BCUT2D eigenvalue weighted by molar-refractivity contribution is -0.151. The molecule has 1 aromatic carbocycles. The van der Waals surface area contributed by atoms with Gasteiger partial charge in [-0.05, 0) is 26.0 Å². The van der Waals surface area contributed by atoms with Gasteiger partial charge in [-0.15, -0.1) is 6.42 Å². The van der Waals surface area contributed by atoms with Crippen LogP contribution in [0, 0.1) is 18.3 Å². The number of anilines is 1. The first-order chi connectivity index (χ1) is 19.2. The van der Waals surface area contributed by atoms with E-state index in [1.54, 1.807) is 32.0 Å². The number of fused-ring (bicyclic) bond motifs is 1. The second-order valence-corrected chi connectivity index (χ2v) is 11.7. The molecule has 39 heavy (non-hydrogen) atoms. The van der Waals surface area contributed by atoms with Gasteiger partial charge in [0.2, 0.25) is 5.95 Å². The first-order valence-corrected chi connectivity index (χ1v) is 14.0. The molecule has 208 valence electrons. The van der Waals surface area contributed by atoms with Crippen molar-refractivity contribution in [3.63, 3.8) is 0 Å². The fourth-order valence-corrected chi connectivity index (χ4v) is 5.82. The van der Waals surface area contributed by atoms with Crippen LogP contribution < -0.4 is 10.3 Å². The van der Waals surface area contributed by atoms with Crippen molar-refractivity contribution in [1.82, 2.24) is 19.5 Å². The molecule has 2 aromatic heterocycles. The quantitative estimate of drug-likeness (QED) is 0.157. The summed E-state index contributed by atoms with van der Waals surface area (Å²) in [5.74, 6) is 0.582. The summed E-state index contributed by atoms with van der Waals surface area (Å²) in [6.07, 6.45) is 2.14. The van der Waals surface area contributed by atoms with Crippen molar-refractivity contribution in [2.75, 3.05) is 18.5 Å². The van der Waals surface area contributed by atoms with Crippen LogP contribution in [0.2, 0.25) is 0 Å². The fourth-order valence-electron chi connectivity index (χ4n) is 3.83. The molecule has 3 aromatic rings. The second kappa shape index (κ2) is 11.5. The molecule has 1 aliphatic heterocycles. The van der Waals surface area contributed by atoms with Crippen LogP contribution in [0.15, 0.2) is 42.9 Å². The number of benzene rings is 1. The van der Waals surface area contributed by atoms with Gasteiger partial charge in [-0.1, -0.05) is 42.6 Å². The minimum absolute atomic E-state index is 0.0852. The maximum atomic E-state index is 14.1. The van der Waals surface area contributed by atoms with Crippen molar-refractivity contribution in [1.29, 1.82) is 0 Å². The highest BCUT2D eigenvalue weighted by molar-refractivity contribution is 7.54. The highest BCUT2D eigenvalue weighted by atomic mass is 35.5. The number of nitrogen functional groups attached to an aromatic ring is 1. The molecular weight excluding hydrogens is 549 g/mol. The van der Waals surface area contributed by atoms with Crippen LogP contribution in [-0.4, -0.2) is 66.5 Å². The highest BCUT2D eigenvalue weighted by Gasteiger charge is 2.56. The maximum Gasteiger partial charge on any atom is 0.380 e. The van der Waals surface area contributed by atoms with Gasteiger partial charge >= 0.3 is 13.6 Å². The van der Waals surface area contributed by atoms with E-state index in [2.05, 4.69) is 20.9 Å². The van der Waals surface area contributed by atoms with E-state index >= 15 is 0 Å². The van der Waals surface area contributed by atoms with Crippen LogP contribution in [0.4, 0.5) is 5.95 Å². The number of halogens is 1. The Morgan fingerprint density at radius 2 is 2.10 bits per heavy atom. The van der Waals surface area contributed by atoms with E-state index in [0.717, 1.165) is 0 Å². The normalized spacial score (nSPS) is 26.3. The summed E-state index contributed by atoms with van der Waals surface area (Å²) in [4.78, 5) is 22.6. The van der Waals surface area contributed by atoms with E-state index in [1.807, 2.05) is 0 Å². The van der Waals surface area contributed by atoms with Crippen LogP contribution >= 0.6 is 19.2 Å². The number of carbonyl (C=O) groups excluding carboxylic acids is 1. The van der Waals surface area contributed by atoms with Gasteiger partial charge in [0.05, 0.1) is 40.0 Å². The third kappa shape index (κ3) is 6.19.